The van der Waals surface area contributed by atoms with Gasteiger partial charge in [0.05, 0.1) is 34.3 Å². The third-order valence-corrected chi connectivity index (χ3v) is 6.16. The van der Waals surface area contributed by atoms with E-state index in [0.29, 0.717) is 16.3 Å². The van der Waals surface area contributed by atoms with E-state index < -0.39 is 29.3 Å². The Bertz CT molecular complexity index is 1300. The lowest BCUT2D eigenvalue weighted by Gasteiger charge is -2.26. The number of benzene rings is 3. The maximum Gasteiger partial charge on any atom is 0.300 e. The zero-order chi connectivity index (χ0) is 23.9. The van der Waals surface area contributed by atoms with Gasteiger partial charge in [0.15, 0.2) is 0 Å². The Hall–Kier alpha value is -3.35. The van der Waals surface area contributed by atoms with Crippen molar-refractivity contribution in [3.05, 3.63) is 98.8 Å². The number of hydrogen-bond donors (Lipinski definition) is 1. The minimum absolute atomic E-state index is 0.147. The number of aliphatic hydroxyl groups excluding tert-OH is 1. The molecule has 8 heteroatoms. The predicted octanol–water partition coefficient (Wildman–Crippen LogP) is 6.08. The number of hydrogen-bond acceptors (Lipinski definition) is 4. The summed E-state index contributed by atoms with van der Waals surface area (Å²) in [7, 11) is 1.44. The number of carbonyl (C=O) groups is 2. The van der Waals surface area contributed by atoms with Crippen LogP contribution in [0.1, 0.15) is 22.7 Å². The Morgan fingerprint density at radius 1 is 1.00 bits per heavy atom. The van der Waals surface area contributed by atoms with Gasteiger partial charge in [-0.1, -0.05) is 40.9 Å². The summed E-state index contributed by atoms with van der Waals surface area (Å²) in [5.74, 6) is -2.32. The second kappa shape index (κ2) is 8.89. The number of methoxy groups -OCH3 is 1. The fourth-order valence-corrected chi connectivity index (χ4v) is 4.16. The molecule has 33 heavy (non-hydrogen) atoms. The predicted molar refractivity (Wildman–Crippen MR) is 125 cm³/mol. The number of aliphatic hydroxyl groups is 1. The average Bonchev–Trinajstić information content (AvgIpc) is 3.06. The van der Waals surface area contributed by atoms with Crippen LogP contribution in [0, 0.1) is 12.7 Å². The standard InChI is InChI=1S/C25H18Cl2FNO4/c1-13-3-10-20(33-2)17(11-13)23(30)21-22(14-4-9-18(26)19(27)12-14)29(25(32)24(21)31)16-7-5-15(28)6-8-16/h3-12,22,30H,1-2H3/b23-21+. The van der Waals surface area contributed by atoms with Gasteiger partial charge in [0.2, 0.25) is 0 Å². The third kappa shape index (κ3) is 4.08. The topological polar surface area (TPSA) is 66.8 Å². The van der Waals surface area contributed by atoms with Gasteiger partial charge in [-0.2, -0.15) is 0 Å². The maximum absolute atomic E-state index is 13.5. The van der Waals surface area contributed by atoms with Crippen LogP contribution in [0.4, 0.5) is 10.1 Å². The molecule has 3 aromatic rings. The van der Waals surface area contributed by atoms with Crippen molar-refractivity contribution in [2.24, 2.45) is 0 Å². The first-order valence-corrected chi connectivity index (χ1v) is 10.6. The van der Waals surface area contributed by atoms with Crippen LogP contribution in [0.5, 0.6) is 5.75 Å². The molecule has 1 aliphatic rings. The molecule has 0 saturated carbocycles. The number of Topliss-reactive ketones (excluding diaryl/α,β-unsaturated/α-hetero) is 1. The highest BCUT2D eigenvalue weighted by atomic mass is 35.5. The van der Waals surface area contributed by atoms with E-state index in [4.69, 9.17) is 27.9 Å². The second-order valence-corrected chi connectivity index (χ2v) is 8.34. The molecule has 1 aliphatic heterocycles. The van der Waals surface area contributed by atoms with Gasteiger partial charge in [0.1, 0.15) is 17.3 Å². The minimum Gasteiger partial charge on any atom is -0.507 e. The number of ketones is 1. The van der Waals surface area contributed by atoms with Crippen molar-refractivity contribution < 1.29 is 23.8 Å². The molecule has 1 saturated heterocycles. The van der Waals surface area contributed by atoms with Crippen molar-refractivity contribution in [3.8, 4) is 5.75 Å². The molecule has 168 valence electrons. The van der Waals surface area contributed by atoms with Gasteiger partial charge in [0.25, 0.3) is 11.7 Å². The average molecular weight is 486 g/mol. The summed E-state index contributed by atoms with van der Waals surface area (Å²) in [5.41, 5.74) is 1.66. The molecule has 1 unspecified atom stereocenters. The molecule has 5 nitrogen and oxygen atoms in total. The third-order valence-electron chi connectivity index (χ3n) is 5.42. The van der Waals surface area contributed by atoms with E-state index in [9.17, 15) is 19.1 Å². The van der Waals surface area contributed by atoms with Gasteiger partial charge in [-0.3, -0.25) is 14.5 Å². The quantitative estimate of drug-likeness (QED) is 0.276. The molecular weight excluding hydrogens is 468 g/mol. The van der Waals surface area contributed by atoms with E-state index in [1.54, 1.807) is 24.3 Å². The van der Waals surface area contributed by atoms with Crippen LogP contribution in [-0.2, 0) is 9.59 Å². The van der Waals surface area contributed by atoms with Crippen molar-refractivity contribution in [2.75, 3.05) is 12.0 Å². The van der Waals surface area contributed by atoms with Crippen molar-refractivity contribution in [3.63, 3.8) is 0 Å². The Kier molecular flexibility index (Phi) is 6.15. The van der Waals surface area contributed by atoms with Gasteiger partial charge in [-0.05, 0) is 61.0 Å². The highest BCUT2D eigenvalue weighted by molar-refractivity contribution is 6.52. The monoisotopic (exact) mass is 485 g/mol. The first-order valence-electron chi connectivity index (χ1n) is 9.89. The lowest BCUT2D eigenvalue weighted by atomic mass is 9.94. The van der Waals surface area contributed by atoms with Crippen molar-refractivity contribution >= 4 is 46.3 Å². The number of ether oxygens (including phenoxy) is 1. The fraction of sp³-hybridized carbons (Fsp3) is 0.120. The molecule has 0 aromatic heterocycles. The highest BCUT2D eigenvalue weighted by Crippen LogP contribution is 2.44. The summed E-state index contributed by atoms with van der Waals surface area (Å²) in [6.07, 6.45) is 0. The van der Waals surface area contributed by atoms with E-state index in [2.05, 4.69) is 0 Å². The lowest BCUT2D eigenvalue weighted by Crippen LogP contribution is -2.29. The molecule has 4 rings (SSSR count). The number of nitrogens with zero attached hydrogens (tertiary/aromatic N) is 1. The molecule has 1 amide bonds. The fourth-order valence-electron chi connectivity index (χ4n) is 3.85. The zero-order valence-corrected chi connectivity index (χ0v) is 19.1. The number of rotatable bonds is 4. The molecule has 0 aliphatic carbocycles. The summed E-state index contributed by atoms with van der Waals surface area (Å²) in [5, 5.41) is 11.8. The molecule has 0 spiro atoms. The number of halogens is 3. The van der Waals surface area contributed by atoms with Crippen molar-refractivity contribution in [2.45, 2.75) is 13.0 Å². The summed E-state index contributed by atoms with van der Waals surface area (Å²) in [6, 6.07) is 13.9. The molecule has 0 radical (unpaired) electrons. The highest BCUT2D eigenvalue weighted by Gasteiger charge is 2.47. The summed E-state index contributed by atoms with van der Waals surface area (Å²) >= 11 is 12.3. The first kappa shape index (κ1) is 22.8. The van der Waals surface area contributed by atoms with Crippen LogP contribution in [0.3, 0.4) is 0 Å². The molecule has 3 aromatic carbocycles. The van der Waals surface area contributed by atoms with Crippen LogP contribution >= 0.6 is 23.2 Å². The minimum atomic E-state index is -1.03. The summed E-state index contributed by atoms with van der Waals surface area (Å²) in [4.78, 5) is 27.6. The molecule has 0 bridgehead atoms. The Balaban J connectivity index is 2.00. The largest absolute Gasteiger partial charge is 0.507 e. The van der Waals surface area contributed by atoms with E-state index in [0.717, 1.165) is 5.56 Å². The molecule has 1 fully saturated rings. The molecule has 1 N–H and O–H groups in total. The zero-order valence-electron chi connectivity index (χ0n) is 17.6. The smallest absolute Gasteiger partial charge is 0.300 e. The molecule has 1 atom stereocenters. The van der Waals surface area contributed by atoms with Crippen LogP contribution in [0.2, 0.25) is 10.0 Å². The Morgan fingerprint density at radius 2 is 1.70 bits per heavy atom. The number of amides is 1. The molecular formula is C25H18Cl2FNO4. The number of aryl methyl sites for hydroxylation is 1. The SMILES string of the molecule is COc1ccc(C)cc1/C(O)=C1\C(=O)C(=O)N(c2ccc(F)cc2)C1c1ccc(Cl)c(Cl)c1. The van der Waals surface area contributed by atoms with Crippen LogP contribution in [0.15, 0.2) is 66.2 Å². The first-order chi connectivity index (χ1) is 15.7. The van der Waals surface area contributed by atoms with Crippen LogP contribution < -0.4 is 9.64 Å². The Morgan fingerprint density at radius 3 is 2.33 bits per heavy atom. The number of carbonyl (C=O) groups excluding carboxylic acids is 2. The van der Waals surface area contributed by atoms with Gasteiger partial charge in [0, 0.05) is 5.69 Å². The van der Waals surface area contributed by atoms with Gasteiger partial charge in [-0.25, -0.2) is 4.39 Å². The van der Waals surface area contributed by atoms with Crippen LogP contribution in [-0.4, -0.2) is 23.9 Å². The number of anilines is 1. The summed E-state index contributed by atoms with van der Waals surface area (Å²) < 4.78 is 18.9. The lowest BCUT2D eigenvalue weighted by molar-refractivity contribution is -0.132. The molecule has 1 heterocycles. The van der Waals surface area contributed by atoms with Gasteiger partial charge < -0.3 is 9.84 Å². The van der Waals surface area contributed by atoms with E-state index in [-0.39, 0.29) is 21.8 Å². The van der Waals surface area contributed by atoms with Crippen molar-refractivity contribution in [1.82, 2.24) is 0 Å². The van der Waals surface area contributed by atoms with Crippen LogP contribution in [0.25, 0.3) is 5.76 Å². The Labute approximate surface area is 199 Å². The summed E-state index contributed by atoms with van der Waals surface area (Å²) in [6.45, 7) is 1.82. The normalized spacial score (nSPS) is 17.5. The van der Waals surface area contributed by atoms with Gasteiger partial charge >= 0.3 is 0 Å². The van der Waals surface area contributed by atoms with Gasteiger partial charge in [-0.15, -0.1) is 0 Å². The van der Waals surface area contributed by atoms with E-state index in [1.165, 1.54) is 48.4 Å². The maximum atomic E-state index is 13.5. The van der Waals surface area contributed by atoms with Crippen molar-refractivity contribution in [1.29, 1.82) is 0 Å². The van der Waals surface area contributed by atoms with E-state index >= 15 is 0 Å². The van der Waals surface area contributed by atoms with E-state index in [1.807, 2.05) is 6.92 Å². The second-order valence-electron chi connectivity index (χ2n) is 7.52.